The van der Waals surface area contributed by atoms with Crippen LogP contribution in [-0.2, 0) is 0 Å². The Labute approximate surface area is 305 Å². The predicted octanol–water partition coefficient (Wildman–Crippen LogP) is 13.7. The van der Waals surface area contributed by atoms with Crippen LogP contribution in [0.1, 0.15) is 0 Å². The van der Waals surface area contributed by atoms with Crippen LogP contribution >= 0.6 is 0 Å². The Hall–Kier alpha value is -7.10. The average molecular weight is 677 g/mol. The van der Waals surface area contributed by atoms with Crippen molar-refractivity contribution in [2.75, 3.05) is 0 Å². The van der Waals surface area contributed by atoms with Crippen molar-refractivity contribution in [2.45, 2.75) is 0 Å². The molecular formula is C50H32N2O. The summed E-state index contributed by atoms with van der Waals surface area (Å²) in [6, 6.07) is 65.5. The molecule has 0 bridgehead atoms. The van der Waals surface area contributed by atoms with Crippen molar-refractivity contribution in [1.29, 1.82) is 0 Å². The molecule has 0 radical (unpaired) electrons. The first kappa shape index (κ1) is 29.6. The van der Waals surface area contributed by atoms with Crippen LogP contribution in [0.4, 0.5) is 0 Å². The summed E-state index contributed by atoms with van der Waals surface area (Å²) in [6.07, 6.45) is 4.36. The fourth-order valence-electron chi connectivity index (χ4n) is 8.38. The third-order valence-electron chi connectivity index (χ3n) is 10.8. The Morgan fingerprint density at radius 2 is 0.774 bits per heavy atom. The number of nitrogens with zero attached hydrogens (tertiary/aromatic N) is 2. The lowest BCUT2D eigenvalue weighted by Crippen LogP contribution is -2.04. The molecule has 248 valence electrons. The molecule has 2 aromatic heterocycles. The molecule has 0 saturated heterocycles. The molecule has 11 rings (SSSR count). The molecule has 2 heterocycles. The van der Waals surface area contributed by atoms with Gasteiger partial charge in [0.2, 0.25) is 0 Å². The van der Waals surface area contributed by atoms with Gasteiger partial charge >= 0.3 is 0 Å². The van der Waals surface area contributed by atoms with Gasteiger partial charge in [-0.3, -0.25) is 0 Å². The molecule has 0 aliphatic rings. The van der Waals surface area contributed by atoms with Gasteiger partial charge in [0.1, 0.15) is 11.2 Å². The molecule has 9 aromatic carbocycles. The lowest BCUT2D eigenvalue weighted by Gasteiger charge is -2.19. The summed E-state index contributed by atoms with van der Waals surface area (Å²) in [5, 5.41) is 11.9. The normalized spacial score (nSPS) is 11.8. The highest BCUT2D eigenvalue weighted by Crippen LogP contribution is 2.41. The van der Waals surface area contributed by atoms with Crippen molar-refractivity contribution >= 4 is 76.1 Å². The Kier molecular flexibility index (Phi) is 6.55. The molecular weight excluding hydrogens is 645 g/mol. The van der Waals surface area contributed by atoms with Gasteiger partial charge in [0, 0.05) is 40.1 Å². The third-order valence-corrected chi connectivity index (χ3v) is 10.8. The van der Waals surface area contributed by atoms with E-state index in [-0.39, 0.29) is 0 Å². The van der Waals surface area contributed by atoms with Gasteiger partial charge in [-0.2, -0.15) is 0 Å². The van der Waals surface area contributed by atoms with E-state index in [0.29, 0.717) is 0 Å². The van der Waals surface area contributed by atoms with Crippen LogP contribution < -0.4 is 0 Å². The van der Waals surface area contributed by atoms with Crippen LogP contribution in [0.25, 0.3) is 98.6 Å². The van der Waals surface area contributed by atoms with E-state index in [0.717, 1.165) is 55.5 Å². The Balaban J connectivity index is 1.33. The highest BCUT2D eigenvalue weighted by molar-refractivity contribution is 6.27. The van der Waals surface area contributed by atoms with Gasteiger partial charge in [0.05, 0.1) is 11.0 Å². The first-order chi connectivity index (χ1) is 26.3. The monoisotopic (exact) mass is 676 g/mol. The minimum atomic E-state index is 0.906. The van der Waals surface area contributed by atoms with Gasteiger partial charge in [0.15, 0.2) is 0 Å². The Morgan fingerprint density at radius 3 is 1.36 bits per heavy atom. The van der Waals surface area contributed by atoms with Crippen LogP contribution in [0.3, 0.4) is 0 Å². The number of furan rings is 1. The second-order valence-electron chi connectivity index (χ2n) is 13.7. The highest BCUT2D eigenvalue weighted by Gasteiger charge is 2.16. The summed E-state index contributed by atoms with van der Waals surface area (Å²) in [7, 11) is 0. The minimum Gasteiger partial charge on any atom is -0.455 e. The molecule has 0 unspecified atom stereocenters. The fourth-order valence-corrected chi connectivity index (χ4v) is 8.38. The van der Waals surface area contributed by atoms with Crippen LogP contribution in [0, 0.1) is 0 Å². The van der Waals surface area contributed by atoms with Gasteiger partial charge in [-0.15, -0.1) is 0 Å². The van der Waals surface area contributed by atoms with E-state index in [1.54, 1.807) is 0 Å². The molecule has 0 aliphatic carbocycles. The number of hydrogen-bond acceptors (Lipinski definition) is 1. The standard InChI is InChI=1S/C50H32N2O/c1-3-14-34(15-4-1)51-28-29-52(35-16-5-2-6-17-35)48-32-46-41-27-26-33(36-23-13-24-43-42-22-11-12-25-49(42)53-50(36)43)30-44(41)39-20-9-7-18-37(39)38-19-8-10-21-40(38)45(46)31-47(48)51/h1-32H. The van der Waals surface area contributed by atoms with E-state index in [1.165, 1.54) is 43.1 Å². The van der Waals surface area contributed by atoms with E-state index in [2.05, 4.69) is 197 Å². The summed E-state index contributed by atoms with van der Waals surface area (Å²) < 4.78 is 11.2. The topological polar surface area (TPSA) is 23.0 Å². The molecule has 0 saturated carbocycles. The molecule has 0 fully saturated rings. The van der Waals surface area contributed by atoms with Crippen molar-refractivity contribution in [3.8, 4) is 22.5 Å². The van der Waals surface area contributed by atoms with Gasteiger partial charge in [-0.05, 0) is 97.2 Å². The van der Waals surface area contributed by atoms with Crippen LogP contribution in [0.5, 0.6) is 0 Å². The van der Waals surface area contributed by atoms with E-state index in [9.17, 15) is 0 Å². The molecule has 53 heavy (non-hydrogen) atoms. The maximum Gasteiger partial charge on any atom is 0.143 e. The van der Waals surface area contributed by atoms with Crippen molar-refractivity contribution in [2.24, 2.45) is 0 Å². The molecule has 0 aliphatic heterocycles. The molecule has 11 aromatic rings. The van der Waals surface area contributed by atoms with Gasteiger partial charge in [-0.1, -0.05) is 133 Å². The van der Waals surface area contributed by atoms with Crippen LogP contribution in [0.15, 0.2) is 199 Å². The maximum absolute atomic E-state index is 6.54. The number of fused-ring (bicyclic) bond motifs is 12. The second kappa shape index (κ2) is 11.7. The van der Waals surface area contributed by atoms with Crippen LogP contribution in [-0.4, -0.2) is 9.13 Å². The molecule has 3 nitrogen and oxygen atoms in total. The first-order valence-electron chi connectivity index (χ1n) is 18.1. The molecule has 0 spiro atoms. The summed E-state index contributed by atoms with van der Waals surface area (Å²) >= 11 is 0. The summed E-state index contributed by atoms with van der Waals surface area (Å²) in [4.78, 5) is 0. The fraction of sp³-hybridized carbons (Fsp3) is 0. The maximum atomic E-state index is 6.54. The molecule has 3 heteroatoms. The largest absolute Gasteiger partial charge is 0.455 e. The quantitative estimate of drug-likeness (QED) is 0.183. The van der Waals surface area contributed by atoms with E-state index in [4.69, 9.17) is 4.42 Å². The number of benzene rings is 8. The zero-order chi connectivity index (χ0) is 34.9. The second-order valence-corrected chi connectivity index (χ2v) is 13.7. The number of aromatic nitrogens is 2. The lowest BCUT2D eigenvalue weighted by molar-refractivity contribution is 0.670. The van der Waals surface area contributed by atoms with Crippen molar-refractivity contribution < 1.29 is 4.42 Å². The summed E-state index contributed by atoms with van der Waals surface area (Å²) in [6.45, 7) is 0. The van der Waals surface area contributed by atoms with E-state index in [1.807, 2.05) is 6.07 Å². The van der Waals surface area contributed by atoms with Crippen molar-refractivity contribution in [3.63, 3.8) is 0 Å². The smallest absolute Gasteiger partial charge is 0.143 e. The van der Waals surface area contributed by atoms with Gasteiger partial charge in [-0.25, -0.2) is 0 Å². The van der Waals surface area contributed by atoms with Crippen molar-refractivity contribution in [1.82, 2.24) is 9.13 Å². The summed E-state index contributed by atoms with van der Waals surface area (Å²) in [5.74, 6) is 0. The lowest BCUT2D eigenvalue weighted by atomic mass is 9.92. The van der Waals surface area contributed by atoms with Crippen molar-refractivity contribution in [3.05, 3.63) is 194 Å². The highest BCUT2D eigenvalue weighted by atomic mass is 16.3. The molecule has 0 atom stereocenters. The van der Waals surface area contributed by atoms with Gasteiger partial charge < -0.3 is 13.6 Å². The molecule has 0 N–H and O–H groups in total. The zero-order valence-electron chi connectivity index (χ0n) is 28.8. The minimum absolute atomic E-state index is 0.906. The number of hydrogen-bond donors (Lipinski definition) is 0. The third kappa shape index (κ3) is 4.61. The Morgan fingerprint density at radius 1 is 0.321 bits per heavy atom. The average Bonchev–Trinajstić information content (AvgIpc) is 3.62. The number of rotatable bonds is 3. The zero-order valence-corrected chi connectivity index (χ0v) is 28.8. The first-order valence-corrected chi connectivity index (χ1v) is 18.1. The van der Waals surface area contributed by atoms with Crippen LogP contribution in [0.2, 0.25) is 0 Å². The van der Waals surface area contributed by atoms with E-state index >= 15 is 0 Å². The molecule has 0 amide bonds. The van der Waals surface area contributed by atoms with E-state index < -0.39 is 0 Å². The Bertz CT molecular complexity index is 3270. The summed E-state index contributed by atoms with van der Waals surface area (Å²) in [5.41, 5.74) is 8.51. The number of para-hydroxylation sites is 4. The van der Waals surface area contributed by atoms with Gasteiger partial charge in [0.25, 0.3) is 0 Å². The predicted molar refractivity (Wildman–Crippen MR) is 223 cm³/mol. The SMILES string of the molecule is c1ccc(-n2ccn(-c3ccccc3)c3cc4c5ccc(-c6cccc7c6oc6ccccc67)cc5c5ccccc5c5ccccc5c4cc32)cc1.